The minimum absolute atomic E-state index is 0.231. The largest absolute Gasteiger partial charge is 0.493 e. The summed E-state index contributed by atoms with van der Waals surface area (Å²) in [4.78, 5) is 0.322. The standard InChI is InChI=1S/C12H16BrNO2S/c13-9-5-4-6-10(11(9)12(14)17)16-8-3-1-2-7-15/h4-6,15H,1-3,7-8H2,(H2,14,17). The lowest BCUT2D eigenvalue weighted by Gasteiger charge is -2.11. The van der Waals surface area contributed by atoms with Crippen LogP contribution in [0.5, 0.6) is 5.75 Å². The van der Waals surface area contributed by atoms with Crippen LogP contribution in [0.3, 0.4) is 0 Å². The second-order valence-electron chi connectivity index (χ2n) is 3.61. The van der Waals surface area contributed by atoms with Crippen LogP contribution in [0.15, 0.2) is 22.7 Å². The fourth-order valence-electron chi connectivity index (χ4n) is 1.44. The van der Waals surface area contributed by atoms with Gasteiger partial charge in [-0.1, -0.05) is 18.3 Å². The van der Waals surface area contributed by atoms with Crippen LogP contribution < -0.4 is 10.5 Å². The van der Waals surface area contributed by atoms with E-state index in [4.69, 9.17) is 27.8 Å². The van der Waals surface area contributed by atoms with Gasteiger partial charge >= 0.3 is 0 Å². The number of benzene rings is 1. The molecule has 0 aliphatic rings. The lowest BCUT2D eigenvalue weighted by molar-refractivity contribution is 0.266. The first-order valence-electron chi connectivity index (χ1n) is 5.48. The average Bonchev–Trinajstić information content (AvgIpc) is 2.28. The molecule has 17 heavy (non-hydrogen) atoms. The minimum atomic E-state index is 0.231. The summed E-state index contributed by atoms with van der Waals surface area (Å²) in [6, 6.07) is 5.62. The third kappa shape index (κ3) is 4.61. The van der Waals surface area contributed by atoms with E-state index in [1.807, 2.05) is 18.2 Å². The van der Waals surface area contributed by atoms with E-state index in [-0.39, 0.29) is 6.61 Å². The normalized spacial score (nSPS) is 10.2. The lowest BCUT2D eigenvalue weighted by atomic mass is 10.2. The van der Waals surface area contributed by atoms with Gasteiger partial charge in [-0.2, -0.15) is 0 Å². The maximum absolute atomic E-state index is 8.66. The van der Waals surface area contributed by atoms with Crippen molar-refractivity contribution in [2.45, 2.75) is 19.3 Å². The van der Waals surface area contributed by atoms with Gasteiger partial charge in [0.15, 0.2) is 0 Å². The van der Waals surface area contributed by atoms with Crippen LogP contribution in [0, 0.1) is 0 Å². The monoisotopic (exact) mass is 317 g/mol. The van der Waals surface area contributed by atoms with E-state index in [1.54, 1.807) is 0 Å². The minimum Gasteiger partial charge on any atom is -0.493 e. The van der Waals surface area contributed by atoms with E-state index in [9.17, 15) is 0 Å². The van der Waals surface area contributed by atoms with Crippen molar-refractivity contribution in [2.24, 2.45) is 5.73 Å². The molecule has 0 aliphatic carbocycles. The molecule has 0 aromatic heterocycles. The van der Waals surface area contributed by atoms with Crippen molar-refractivity contribution in [1.82, 2.24) is 0 Å². The van der Waals surface area contributed by atoms with Crippen molar-refractivity contribution >= 4 is 33.1 Å². The van der Waals surface area contributed by atoms with Crippen molar-refractivity contribution in [2.75, 3.05) is 13.2 Å². The quantitative estimate of drug-likeness (QED) is 0.599. The summed E-state index contributed by atoms with van der Waals surface area (Å²) in [5, 5.41) is 8.66. The van der Waals surface area contributed by atoms with Gasteiger partial charge in [0.2, 0.25) is 0 Å². The molecule has 5 heteroatoms. The van der Waals surface area contributed by atoms with Crippen LogP contribution in [0.1, 0.15) is 24.8 Å². The van der Waals surface area contributed by atoms with E-state index in [1.165, 1.54) is 0 Å². The number of halogens is 1. The van der Waals surface area contributed by atoms with Crippen molar-refractivity contribution in [3.63, 3.8) is 0 Å². The molecule has 0 atom stereocenters. The summed E-state index contributed by atoms with van der Waals surface area (Å²) < 4.78 is 6.49. The summed E-state index contributed by atoms with van der Waals surface area (Å²) in [5.41, 5.74) is 6.40. The molecule has 1 aromatic carbocycles. The van der Waals surface area contributed by atoms with Crippen molar-refractivity contribution < 1.29 is 9.84 Å². The molecule has 1 aromatic rings. The summed E-state index contributed by atoms with van der Waals surface area (Å²) >= 11 is 8.39. The molecule has 0 saturated heterocycles. The van der Waals surface area contributed by atoms with Gasteiger partial charge in [-0.25, -0.2) is 0 Å². The van der Waals surface area contributed by atoms with Gasteiger partial charge in [0.25, 0.3) is 0 Å². The predicted molar refractivity (Wildman–Crippen MR) is 76.5 cm³/mol. The van der Waals surface area contributed by atoms with Crippen molar-refractivity contribution in [3.8, 4) is 5.75 Å². The summed E-state index contributed by atoms with van der Waals surface area (Å²) in [6.45, 7) is 0.834. The second kappa shape index (κ2) is 7.63. The molecule has 0 heterocycles. The van der Waals surface area contributed by atoms with Crippen LogP contribution >= 0.6 is 28.1 Å². The zero-order valence-electron chi connectivity index (χ0n) is 9.49. The van der Waals surface area contributed by atoms with Gasteiger partial charge in [-0.3, -0.25) is 0 Å². The second-order valence-corrected chi connectivity index (χ2v) is 4.90. The highest BCUT2D eigenvalue weighted by molar-refractivity contribution is 9.10. The maximum atomic E-state index is 8.66. The molecule has 0 amide bonds. The Labute approximate surface area is 115 Å². The molecule has 0 radical (unpaired) electrons. The van der Waals surface area contributed by atoms with E-state index < -0.39 is 0 Å². The molecule has 0 unspecified atom stereocenters. The fourth-order valence-corrected chi connectivity index (χ4v) is 2.34. The van der Waals surface area contributed by atoms with Gasteiger partial charge in [-0.15, -0.1) is 0 Å². The summed E-state index contributed by atoms with van der Waals surface area (Å²) in [7, 11) is 0. The molecule has 3 N–H and O–H groups in total. The zero-order valence-corrected chi connectivity index (χ0v) is 11.9. The average molecular weight is 318 g/mol. The number of hydrogen-bond donors (Lipinski definition) is 2. The van der Waals surface area contributed by atoms with Crippen LogP contribution in [0.25, 0.3) is 0 Å². The number of hydrogen-bond acceptors (Lipinski definition) is 3. The summed E-state index contributed by atoms with van der Waals surface area (Å²) in [5.74, 6) is 0.705. The maximum Gasteiger partial charge on any atom is 0.130 e. The van der Waals surface area contributed by atoms with E-state index in [0.717, 1.165) is 29.3 Å². The molecule has 0 fully saturated rings. The molecule has 0 bridgehead atoms. The number of unbranched alkanes of at least 4 members (excludes halogenated alkanes) is 2. The molecule has 1 rings (SSSR count). The van der Waals surface area contributed by atoms with E-state index in [2.05, 4.69) is 15.9 Å². The number of ether oxygens (including phenoxy) is 1. The first-order valence-corrected chi connectivity index (χ1v) is 6.69. The van der Waals surface area contributed by atoms with Gasteiger partial charge in [0.05, 0.1) is 12.2 Å². The Kier molecular flexibility index (Phi) is 6.47. The Bertz CT molecular complexity index is 385. The molecular weight excluding hydrogens is 302 g/mol. The third-order valence-electron chi connectivity index (χ3n) is 2.28. The molecule has 0 saturated carbocycles. The molecule has 3 nitrogen and oxygen atoms in total. The third-order valence-corrected chi connectivity index (χ3v) is 3.15. The number of nitrogens with two attached hydrogens (primary N) is 1. The Morgan fingerprint density at radius 1 is 1.35 bits per heavy atom. The highest BCUT2D eigenvalue weighted by atomic mass is 79.9. The van der Waals surface area contributed by atoms with Crippen molar-refractivity contribution in [1.29, 1.82) is 0 Å². The molecule has 0 aliphatic heterocycles. The first kappa shape index (κ1) is 14.4. The first-order chi connectivity index (χ1) is 8.16. The Morgan fingerprint density at radius 2 is 2.12 bits per heavy atom. The van der Waals surface area contributed by atoms with E-state index in [0.29, 0.717) is 17.3 Å². The molecular formula is C12H16BrNO2S. The Balaban J connectivity index is 2.58. The van der Waals surface area contributed by atoms with Crippen LogP contribution in [-0.4, -0.2) is 23.3 Å². The number of thiocarbonyl (C=S) groups is 1. The van der Waals surface area contributed by atoms with Gasteiger partial charge in [0, 0.05) is 11.1 Å². The van der Waals surface area contributed by atoms with Crippen LogP contribution in [-0.2, 0) is 0 Å². The molecule has 94 valence electrons. The lowest BCUT2D eigenvalue weighted by Crippen LogP contribution is -2.13. The van der Waals surface area contributed by atoms with E-state index >= 15 is 0 Å². The highest BCUT2D eigenvalue weighted by Gasteiger charge is 2.10. The highest BCUT2D eigenvalue weighted by Crippen LogP contribution is 2.26. The van der Waals surface area contributed by atoms with Crippen LogP contribution in [0.4, 0.5) is 0 Å². The smallest absolute Gasteiger partial charge is 0.130 e. The van der Waals surface area contributed by atoms with Gasteiger partial charge in [-0.05, 0) is 47.3 Å². The Hall–Kier alpha value is -0.650. The van der Waals surface area contributed by atoms with Crippen LogP contribution in [0.2, 0.25) is 0 Å². The number of rotatable bonds is 7. The molecule has 0 spiro atoms. The number of aliphatic hydroxyl groups is 1. The predicted octanol–water partition coefficient (Wildman–Crippen LogP) is 2.62. The zero-order chi connectivity index (χ0) is 12.7. The fraction of sp³-hybridized carbons (Fsp3) is 0.417. The topological polar surface area (TPSA) is 55.5 Å². The SMILES string of the molecule is NC(=S)c1c(Br)cccc1OCCCCCO. The van der Waals surface area contributed by atoms with Gasteiger partial charge in [0.1, 0.15) is 10.7 Å². The van der Waals surface area contributed by atoms with Crippen molar-refractivity contribution in [3.05, 3.63) is 28.2 Å². The summed E-state index contributed by atoms with van der Waals surface area (Å²) in [6.07, 6.45) is 2.67. The van der Waals surface area contributed by atoms with Gasteiger partial charge < -0.3 is 15.6 Å². The number of aliphatic hydroxyl groups excluding tert-OH is 1. The Morgan fingerprint density at radius 3 is 2.76 bits per heavy atom.